The highest BCUT2D eigenvalue weighted by molar-refractivity contribution is 5.44. The molecule has 0 aromatic heterocycles. The van der Waals surface area contributed by atoms with E-state index >= 15 is 0 Å². The molecule has 2 saturated heterocycles. The SMILES string of the molecule is c1cc2c(cc1CCN[C@H]1CCOC3(CCOCC3)C1)OCO2. The molecule has 5 heteroatoms. The number of fused-ring (bicyclic) bond motifs is 1. The summed E-state index contributed by atoms with van der Waals surface area (Å²) in [5, 5.41) is 3.72. The van der Waals surface area contributed by atoms with E-state index in [1.54, 1.807) is 0 Å². The Morgan fingerprint density at radius 1 is 1.09 bits per heavy atom. The topological polar surface area (TPSA) is 49.0 Å². The van der Waals surface area contributed by atoms with Gasteiger partial charge < -0.3 is 24.3 Å². The molecule has 1 N–H and O–H groups in total. The second kappa shape index (κ2) is 6.67. The number of ether oxygens (including phenoxy) is 4. The van der Waals surface area contributed by atoms with Crippen LogP contribution >= 0.6 is 0 Å². The van der Waals surface area contributed by atoms with Crippen molar-refractivity contribution in [2.45, 2.75) is 43.7 Å². The summed E-state index contributed by atoms with van der Waals surface area (Å²) in [5.41, 5.74) is 1.35. The minimum Gasteiger partial charge on any atom is -0.454 e. The molecule has 1 spiro atoms. The minimum absolute atomic E-state index is 0.0624. The first-order chi connectivity index (χ1) is 11.3. The van der Waals surface area contributed by atoms with Crippen LogP contribution in [0.2, 0.25) is 0 Å². The molecular weight excluding hydrogens is 294 g/mol. The van der Waals surface area contributed by atoms with Gasteiger partial charge in [-0.3, -0.25) is 0 Å². The third-order valence-electron chi connectivity index (χ3n) is 5.18. The zero-order chi connectivity index (χ0) is 15.5. The molecule has 0 saturated carbocycles. The molecular formula is C18H25NO4. The van der Waals surface area contributed by atoms with Crippen molar-refractivity contribution in [3.05, 3.63) is 23.8 Å². The number of rotatable bonds is 4. The van der Waals surface area contributed by atoms with E-state index in [9.17, 15) is 0 Å². The van der Waals surface area contributed by atoms with E-state index in [0.717, 1.165) is 70.0 Å². The van der Waals surface area contributed by atoms with Gasteiger partial charge in [-0.25, -0.2) is 0 Å². The molecule has 1 aromatic rings. The van der Waals surface area contributed by atoms with Crippen molar-refractivity contribution < 1.29 is 18.9 Å². The fourth-order valence-corrected chi connectivity index (χ4v) is 3.81. The Hall–Kier alpha value is -1.30. The van der Waals surface area contributed by atoms with Crippen LogP contribution in [0.5, 0.6) is 11.5 Å². The normalized spacial score (nSPS) is 25.7. The molecule has 3 aliphatic heterocycles. The van der Waals surface area contributed by atoms with E-state index in [-0.39, 0.29) is 5.60 Å². The average Bonchev–Trinajstić information content (AvgIpc) is 3.03. The smallest absolute Gasteiger partial charge is 0.231 e. The van der Waals surface area contributed by atoms with Crippen molar-refractivity contribution in [2.75, 3.05) is 33.2 Å². The van der Waals surface area contributed by atoms with Gasteiger partial charge >= 0.3 is 0 Å². The fourth-order valence-electron chi connectivity index (χ4n) is 3.81. The summed E-state index contributed by atoms with van der Waals surface area (Å²) in [4.78, 5) is 0. The molecule has 0 radical (unpaired) electrons. The lowest BCUT2D eigenvalue weighted by atomic mass is 9.84. The quantitative estimate of drug-likeness (QED) is 0.922. The summed E-state index contributed by atoms with van der Waals surface area (Å²) in [6, 6.07) is 6.77. The molecule has 0 aliphatic carbocycles. The molecule has 3 heterocycles. The monoisotopic (exact) mass is 319 g/mol. The zero-order valence-electron chi connectivity index (χ0n) is 13.5. The Morgan fingerprint density at radius 3 is 2.87 bits per heavy atom. The maximum atomic E-state index is 6.10. The number of benzene rings is 1. The van der Waals surface area contributed by atoms with Gasteiger partial charge in [0.25, 0.3) is 0 Å². The predicted molar refractivity (Wildman–Crippen MR) is 86.0 cm³/mol. The molecule has 1 atom stereocenters. The first-order valence-electron chi connectivity index (χ1n) is 8.67. The highest BCUT2D eigenvalue weighted by Gasteiger charge is 2.38. The van der Waals surface area contributed by atoms with Gasteiger partial charge in [-0.1, -0.05) is 6.07 Å². The molecule has 0 bridgehead atoms. The second-order valence-corrected chi connectivity index (χ2v) is 6.73. The standard InChI is InChI=1S/C18H25NO4/c1-2-16-17(22-13-21-16)11-14(1)3-7-19-15-4-8-23-18(12-15)5-9-20-10-6-18/h1-2,11,15,19H,3-10,12-13H2/t15-/m0/s1. The fraction of sp³-hybridized carbons (Fsp3) is 0.667. The first kappa shape index (κ1) is 15.2. The van der Waals surface area contributed by atoms with Crippen molar-refractivity contribution in [1.29, 1.82) is 0 Å². The van der Waals surface area contributed by atoms with Crippen molar-refractivity contribution in [3.8, 4) is 11.5 Å². The molecule has 2 fully saturated rings. The Morgan fingerprint density at radius 2 is 1.96 bits per heavy atom. The van der Waals surface area contributed by atoms with Crippen LogP contribution < -0.4 is 14.8 Å². The van der Waals surface area contributed by atoms with Crippen molar-refractivity contribution in [1.82, 2.24) is 5.32 Å². The van der Waals surface area contributed by atoms with E-state index in [1.807, 2.05) is 6.07 Å². The van der Waals surface area contributed by atoms with Crippen molar-refractivity contribution in [3.63, 3.8) is 0 Å². The summed E-state index contributed by atoms with van der Waals surface area (Å²) in [6.45, 7) is 3.86. The zero-order valence-corrected chi connectivity index (χ0v) is 13.5. The lowest BCUT2D eigenvalue weighted by molar-refractivity contribution is -0.140. The number of nitrogens with one attached hydrogen (secondary N) is 1. The molecule has 5 nitrogen and oxygen atoms in total. The van der Waals surface area contributed by atoms with Gasteiger partial charge in [-0.15, -0.1) is 0 Å². The molecule has 0 amide bonds. The Bertz CT molecular complexity index is 536. The van der Waals surface area contributed by atoms with Crippen LogP contribution in [-0.2, 0) is 15.9 Å². The van der Waals surface area contributed by atoms with Crippen LogP contribution in [-0.4, -0.2) is 44.8 Å². The van der Waals surface area contributed by atoms with Gasteiger partial charge in [-0.2, -0.15) is 0 Å². The second-order valence-electron chi connectivity index (χ2n) is 6.73. The van der Waals surface area contributed by atoms with E-state index in [0.29, 0.717) is 12.8 Å². The highest BCUT2D eigenvalue weighted by Crippen LogP contribution is 2.34. The molecule has 1 aromatic carbocycles. The maximum Gasteiger partial charge on any atom is 0.231 e. The van der Waals surface area contributed by atoms with Gasteiger partial charge in [0.15, 0.2) is 11.5 Å². The Balaban J connectivity index is 1.27. The minimum atomic E-state index is 0.0624. The van der Waals surface area contributed by atoms with Crippen LogP contribution in [0.4, 0.5) is 0 Å². The average molecular weight is 319 g/mol. The maximum absolute atomic E-state index is 6.10. The predicted octanol–water partition coefficient (Wildman–Crippen LogP) is 2.28. The van der Waals surface area contributed by atoms with E-state index in [4.69, 9.17) is 18.9 Å². The van der Waals surface area contributed by atoms with Gasteiger partial charge in [0.2, 0.25) is 6.79 Å². The Labute approximate surface area is 137 Å². The van der Waals surface area contributed by atoms with Gasteiger partial charge in [0, 0.05) is 25.9 Å². The van der Waals surface area contributed by atoms with Crippen LogP contribution in [0.15, 0.2) is 18.2 Å². The molecule has 4 rings (SSSR count). The summed E-state index contributed by atoms with van der Waals surface area (Å²) >= 11 is 0. The largest absolute Gasteiger partial charge is 0.454 e. The molecule has 3 aliphatic rings. The third-order valence-corrected chi connectivity index (χ3v) is 5.18. The van der Waals surface area contributed by atoms with Crippen LogP contribution in [0.1, 0.15) is 31.2 Å². The Kier molecular flexibility index (Phi) is 4.42. The number of hydrogen-bond acceptors (Lipinski definition) is 5. The van der Waals surface area contributed by atoms with Gasteiger partial charge in [-0.05, 0) is 56.3 Å². The van der Waals surface area contributed by atoms with Crippen LogP contribution in [0.3, 0.4) is 0 Å². The third kappa shape index (κ3) is 3.47. The van der Waals surface area contributed by atoms with E-state index in [1.165, 1.54) is 5.56 Å². The number of hydrogen-bond donors (Lipinski definition) is 1. The van der Waals surface area contributed by atoms with Crippen LogP contribution in [0.25, 0.3) is 0 Å². The lowest BCUT2D eigenvalue weighted by Gasteiger charge is -2.43. The van der Waals surface area contributed by atoms with Gasteiger partial charge in [0.1, 0.15) is 0 Å². The van der Waals surface area contributed by atoms with E-state index in [2.05, 4.69) is 17.4 Å². The summed E-state index contributed by atoms with van der Waals surface area (Å²) < 4.78 is 22.4. The molecule has 23 heavy (non-hydrogen) atoms. The molecule has 126 valence electrons. The summed E-state index contributed by atoms with van der Waals surface area (Å²) in [6.07, 6.45) is 5.28. The van der Waals surface area contributed by atoms with Crippen LogP contribution in [0, 0.1) is 0 Å². The summed E-state index contributed by atoms with van der Waals surface area (Å²) in [7, 11) is 0. The van der Waals surface area contributed by atoms with Crippen molar-refractivity contribution in [2.24, 2.45) is 0 Å². The summed E-state index contributed by atoms with van der Waals surface area (Å²) in [5.74, 6) is 1.72. The molecule has 0 unspecified atom stereocenters. The lowest BCUT2D eigenvalue weighted by Crippen LogP contribution is -2.50. The van der Waals surface area contributed by atoms with Gasteiger partial charge in [0.05, 0.1) is 5.60 Å². The van der Waals surface area contributed by atoms with Crippen molar-refractivity contribution >= 4 is 0 Å². The van der Waals surface area contributed by atoms with E-state index < -0.39 is 0 Å². The highest BCUT2D eigenvalue weighted by atomic mass is 16.7. The first-order valence-corrected chi connectivity index (χ1v) is 8.67.